The SMILES string of the molecule is CC(C)S(=O)(=O)Nc1ccc(C(=O)Nc2ccc(OCC3CCCCO3)cc2)cc1. The molecular formula is C22H28N2O5S. The number of carbonyl (C=O) groups excluding carboxylic acids is 1. The van der Waals surface area contributed by atoms with Crippen molar-refractivity contribution in [3.63, 3.8) is 0 Å². The van der Waals surface area contributed by atoms with E-state index in [-0.39, 0.29) is 12.0 Å². The Kier molecular flexibility index (Phi) is 7.33. The maximum atomic E-state index is 12.4. The number of hydrogen-bond acceptors (Lipinski definition) is 5. The Hall–Kier alpha value is -2.58. The third-order valence-electron chi connectivity index (χ3n) is 4.85. The summed E-state index contributed by atoms with van der Waals surface area (Å²) >= 11 is 0. The highest BCUT2D eigenvalue weighted by Crippen LogP contribution is 2.20. The van der Waals surface area contributed by atoms with Crippen LogP contribution in [0, 0.1) is 0 Å². The van der Waals surface area contributed by atoms with Crippen LogP contribution in [0.25, 0.3) is 0 Å². The standard InChI is InChI=1S/C22H28N2O5S/c1-16(2)30(26,27)24-19-8-6-17(7-9-19)22(25)23-18-10-12-20(13-11-18)29-15-21-5-3-4-14-28-21/h6-13,16,21,24H,3-5,14-15H2,1-2H3,(H,23,25). The predicted octanol–water partition coefficient (Wildman–Crippen LogP) is 4.04. The molecule has 1 heterocycles. The fourth-order valence-corrected chi connectivity index (χ4v) is 3.64. The Morgan fingerprint density at radius 3 is 2.33 bits per heavy atom. The van der Waals surface area contributed by atoms with Crippen LogP contribution in [0.15, 0.2) is 48.5 Å². The van der Waals surface area contributed by atoms with Crippen LogP contribution in [0.2, 0.25) is 0 Å². The van der Waals surface area contributed by atoms with Crippen LogP contribution in [0.5, 0.6) is 5.75 Å². The molecule has 1 atom stereocenters. The molecule has 1 unspecified atom stereocenters. The first-order valence-corrected chi connectivity index (χ1v) is 11.7. The molecule has 0 aliphatic carbocycles. The van der Waals surface area contributed by atoms with Gasteiger partial charge in [-0.15, -0.1) is 0 Å². The van der Waals surface area contributed by atoms with Gasteiger partial charge in [-0.1, -0.05) is 0 Å². The number of rotatable bonds is 8. The normalized spacial score (nSPS) is 16.8. The number of benzene rings is 2. The summed E-state index contributed by atoms with van der Waals surface area (Å²) in [6, 6.07) is 13.5. The van der Waals surface area contributed by atoms with Crippen LogP contribution in [0.3, 0.4) is 0 Å². The van der Waals surface area contributed by atoms with Crippen molar-refractivity contribution in [2.24, 2.45) is 0 Å². The van der Waals surface area contributed by atoms with Gasteiger partial charge in [-0.25, -0.2) is 8.42 Å². The van der Waals surface area contributed by atoms with Gasteiger partial charge in [0.15, 0.2) is 0 Å². The predicted molar refractivity (Wildman–Crippen MR) is 118 cm³/mol. The van der Waals surface area contributed by atoms with Crippen molar-refractivity contribution in [1.29, 1.82) is 0 Å². The molecule has 1 saturated heterocycles. The average Bonchev–Trinajstić information content (AvgIpc) is 2.74. The molecule has 2 aromatic rings. The van der Waals surface area contributed by atoms with Gasteiger partial charge in [0.1, 0.15) is 12.4 Å². The zero-order chi connectivity index (χ0) is 21.6. The van der Waals surface area contributed by atoms with E-state index in [2.05, 4.69) is 10.0 Å². The number of sulfonamides is 1. The molecule has 1 aliphatic rings. The van der Waals surface area contributed by atoms with E-state index in [0.717, 1.165) is 25.2 Å². The lowest BCUT2D eigenvalue weighted by Crippen LogP contribution is -2.25. The lowest BCUT2D eigenvalue weighted by molar-refractivity contribution is -0.0110. The second kappa shape index (κ2) is 9.95. The number of anilines is 2. The first-order valence-electron chi connectivity index (χ1n) is 10.1. The van der Waals surface area contributed by atoms with Gasteiger partial charge in [-0.05, 0) is 81.6 Å². The summed E-state index contributed by atoms with van der Waals surface area (Å²) in [5, 5.41) is 2.28. The Morgan fingerprint density at radius 1 is 1.07 bits per heavy atom. The summed E-state index contributed by atoms with van der Waals surface area (Å²) < 4.78 is 37.7. The van der Waals surface area contributed by atoms with Gasteiger partial charge in [0.25, 0.3) is 5.91 Å². The maximum absolute atomic E-state index is 12.4. The quantitative estimate of drug-likeness (QED) is 0.657. The van der Waals surface area contributed by atoms with E-state index in [1.54, 1.807) is 50.2 Å². The molecule has 3 rings (SSSR count). The lowest BCUT2D eigenvalue weighted by Gasteiger charge is -2.22. The molecule has 1 amide bonds. The van der Waals surface area contributed by atoms with Crippen molar-refractivity contribution in [3.8, 4) is 5.75 Å². The van der Waals surface area contributed by atoms with E-state index in [1.807, 2.05) is 12.1 Å². The van der Waals surface area contributed by atoms with Gasteiger partial charge >= 0.3 is 0 Å². The van der Waals surface area contributed by atoms with Crippen LogP contribution in [0.1, 0.15) is 43.5 Å². The summed E-state index contributed by atoms with van der Waals surface area (Å²) in [5.74, 6) is 0.446. The molecule has 0 bridgehead atoms. The minimum absolute atomic E-state index is 0.145. The minimum atomic E-state index is -3.42. The van der Waals surface area contributed by atoms with Gasteiger partial charge in [0, 0.05) is 23.5 Å². The molecule has 0 radical (unpaired) electrons. The molecule has 8 heteroatoms. The highest BCUT2D eigenvalue weighted by atomic mass is 32.2. The van der Waals surface area contributed by atoms with Crippen molar-refractivity contribution in [2.45, 2.75) is 44.5 Å². The molecule has 2 N–H and O–H groups in total. The summed E-state index contributed by atoms with van der Waals surface area (Å²) in [7, 11) is -3.42. The third kappa shape index (κ3) is 6.21. The molecule has 1 aliphatic heterocycles. The Labute approximate surface area is 177 Å². The van der Waals surface area contributed by atoms with Crippen molar-refractivity contribution in [3.05, 3.63) is 54.1 Å². The van der Waals surface area contributed by atoms with Crippen molar-refractivity contribution in [1.82, 2.24) is 0 Å². The number of hydrogen-bond donors (Lipinski definition) is 2. The maximum Gasteiger partial charge on any atom is 0.255 e. The number of carbonyl (C=O) groups is 1. The average molecular weight is 433 g/mol. The zero-order valence-electron chi connectivity index (χ0n) is 17.3. The fourth-order valence-electron chi connectivity index (χ4n) is 2.94. The third-order valence-corrected chi connectivity index (χ3v) is 6.61. The number of ether oxygens (including phenoxy) is 2. The summed E-state index contributed by atoms with van der Waals surface area (Å²) in [6.45, 7) is 4.52. The molecule has 1 fully saturated rings. The van der Waals surface area contributed by atoms with Gasteiger partial charge < -0.3 is 14.8 Å². The van der Waals surface area contributed by atoms with E-state index in [4.69, 9.17) is 9.47 Å². The topological polar surface area (TPSA) is 93.7 Å². The molecule has 2 aromatic carbocycles. The van der Waals surface area contributed by atoms with E-state index in [1.165, 1.54) is 6.42 Å². The second-order valence-electron chi connectivity index (χ2n) is 7.55. The highest BCUT2D eigenvalue weighted by Gasteiger charge is 2.16. The van der Waals surface area contributed by atoms with E-state index in [0.29, 0.717) is 23.5 Å². The molecule has 162 valence electrons. The Balaban J connectivity index is 1.52. The van der Waals surface area contributed by atoms with Crippen LogP contribution < -0.4 is 14.8 Å². The van der Waals surface area contributed by atoms with E-state index >= 15 is 0 Å². The molecule has 30 heavy (non-hydrogen) atoms. The van der Waals surface area contributed by atoms with Crippen LogP contribution in [0.4, 0.5) is 11.4 Å². The zero-order valence-corrected chi connectivity index (χ0v) is 18.1. The van der Waals surface area contributed by atoms with E-state index in [9.17, 15) is 13.2 Å². The number of amides is 1. The van der Waals surface area contributed by atoms with Crippen molar-refractivity contribution >= 4 is 27.3 Å². The van der Waals surface area contributed by atoms with Gasteiger partial charge in [0.05, 0.1) is 11.4 Å². The second-order valence-corrected chi connectivity index (χ2v) is 9.79. The van der Waals surface area contributed by atoms with Crippen molar-refractivity contribution in [2.75, 3.05) is 23.3 Å². The van der Waals surface area contributed by atoms with Gasteiger partial charge in [-0.2, -0.15) is 0 Å². The largest absolute Gasteiger partial charge is 0.491 e. The summed E-state index contributed by atoms with van der Waals surface area (Å²) in [6.07, 6.45) is 3.45. The Bertz CT molecular complexity index is 934. The van der Waals surface area contributed by atoms with Gasteiger partial charge in [-0.3, -0.25) is 9.52 Å². The molecule has 7 nitrogen and oxygen atoms in total. The van der Waals surface area contributed by atoms with Crippen LogP contribution in [-0.2, 0) is 14.8 Å². The minimum Gasteiger partial charge on any atom is -0.491 e. The molecular weight excluding hydrogens is 404 g/mol. The number of nitrogens with one attached hydrogen (secondary N) is 2. The van der Waals surface area contributed by atoms with Crippen molar-refractivity contribution < 1.29 is 22.7 Å². The fraction of sp³-hybridized carbons (Fsp3) is 0.409. The van der Waals surface area contributed by atoms with Crippen LogP contribution >= 0.6 is 0 Å². The smallest absolute Gasteiger partial charge is 0.255 e. The van der Waals surface area contributed by atoms with Crippen LogP contribution in [-0.4, -0.2) is 38.9 Å². The molecule has 0 saturated carbocycles. The molecule has 0 aromatic heterocycles. The highest BCUT2D eigenvalue weighted by molar-refractivity contribution is 7.93. The van der Waals surface area contributed by atoms with E-state index < -0.39 is 15.3 Å². The van der Waals surface area contributed by atoms with Gasteiger partial charge in [0.2, 0.25) is 10.0 Å². The summed E-state index contributed by atoms with van der Waals surface area (Å²) in [4.78, 5) is 12.4. The monoisotopic (exact) mass is 432 g/mol. The summed E-state index contributed by atoms with van der Waals surface area (Å²) in [5.41, 5.74) is 1.49. The molecule has 0 spiro atoms. The Morgan fingerprint density at radius 2 is 1.73 bits per heavy atom. The first-order chi connectivity index (χ1) is 14.3. The first kappa shape index (κ1) is 22.1. The lowest BCUT2D eigenvalue weighted by atomic mass is 10.1.